The Bertz CT molecular complexity index is 358. The van der Waals surface area contributed by atoms with Crippen molar-refractivity contribution in [3.8, 4) is 0 Å². The van der Waals surface area contributed by atoms with Crippen molar-refractivity contribution >= 4 is 17.6 Å². The molecule has 0 saturated carbocycles. The first-order valence-corrected chi connectivity index (χ1v) is 5.45. The number of nitrogens with zero attached hydrogens (tertiary/aromatic N) is 4. The molecule has 1 aliphatic heterocycles. The van der Waals surface area contributed by atoms with Crippen LogP contribution in [-0.4, -0.2) is 55.1 Å². The van der Waals surface area contributed by atoms with E-state index in [9.17, 15) is 0 Å². The van der Waals surface area contributed by atoms with Crippen LogP contribution in [-0.2, 0) is 0 Å². The number of hydrogen-bond acceptors (Lipinski definition) is 6. The van der Waals surface area contributed by atoms with Gasteiger partial charge < -0.3 is 20.9 Å². The van der Waals surface area contributed by atoms with Gasteiger partial charge in [-0.2, -0.15) is 9.97 Å². The average Bonchev–Trinajstić information content (AvgIpc) is 2.29. The van der Waals surface area contributed by atoms with Crippen molar-refractivity contribution in [1.29, 1.82) is 0 Å². The molecule has 1 fully saturated rings. The highest BCUT2D eigenvalue weighted by molar-refractivity contribution is 5.52. The quantitative estimate of drug-likeness (QED) is 0.725. The van der Waals surface area contributed by atoms with Gasteiger partial charge in [-0.15, -0.1) is 0 Å². The second kappa shape index (κ2) is 4.52. The van der Waals surface area contributed by atoms with Gasteiger partial charge in [0.25, 0.3) is 0 Å². The summed E-state index contributed by atoms with van der Waals surface area (Å²) < 4.78 is 0. The minimum Gasteiger partial charge on any atom is -0.373 e. The largest absolute Gasteiger partial charge is 0.373 e. The number of rotatable bonds is 2. The second-order valence-corrected chi connectivity index (χ2v) is 4.01. The van der Waals surface area contributed by atoms with E-state index in [1.54, 1.807) is 0 Å². The minimum atomic E-state index is 0.320. The number of hydrogen-bond donors (Lipinski definition) is 2. The van der Waals surface area contributed by atoms with Crippen LogP contribution < -0.4 is 16.0 Å². The van der Waals surface area contributed by atoms with E-state index in [2.05, 4.69) is 32.1 Å². The lowest BCUT2D eigenvalue weighted by molar-refractivity contribution is 0.312. The summed E-state index contributed by atoms with van der Waals surface area (Å²) in [7, 11) is 3.96. The van der Waals surface area contributed by atoms with Crippen molar-refractivity contribution in [2.75, 3.05) is 56.2 Å². The SMILES string of the molecule is CNc1cc(N2CCN(C)CC2)nc(N)n1. The highest BCUT2D eigenvalue weighted by atomic mass is 15.3. The third kappa shape index (κ3) is 2.33. The van der Waals surface area contributed by atoms with Crippen molar-refractivity contribution < 1.29 is 0 Å². The zero-order chi connectivity index (χ0) is 11.5. The smallest absolute Gasteiger partial charge is 0.223 e. The number of aromatic nitrogens is 2. The third-order valence-corrected chi connectivity index (χ3v) is 2.81. The molecule has 88 valence electrons. The van der Waals surface area contributed by atoms with E-state index in [1.807, 2.05) is 13.1 Å². The van der Waals surface area contributed by atoms with Gasteiger partial charge in [0.15, 0.2) is 0 Å². The molecule has 0 atom stereocenters. The maximum atomic E-state index is 5.67. The summed E-state index contributed by atoms with van der Waals surface area (Å²) in [5.74, 6) is 1.99. The Balaban J connectivity index is 2.16. The molecule has 6 nitrogen and oxygen atoms in total. The van der Waals surface area contributed by atoms with Crippen molar-refractivity contribution in [2.45, 2.75) is 0 Å². The molecule has 0 spiro atoms. The Morgan fingerprint density at radius 2 is 1.94 bits per heavy atom. The van der Waals surface area contributed by atoms with Crippen LogP contribution in [0.3, 0.4) is 0 Å². The van der Waals surface area contributed by atoms with Crippen molar-refractivity contribution in [3.63, 3.8) is 0 Å². The first-order valence-electron chi connectivity index (χ1n) is 5.45. The molecule has 1 aliphatic rings. The summed E-state index contributed by atoms with van der Waals surface area (Å²) in [6.45, 7) is 4.07. The van der Waals surface area contributed by atoms with E-state index in [-0.39, 0.29) is 0 Å². The molecule has 0 aliphatic carbocycles. The first-order chi connectivity index (χ1) is 7.69. The average molecular weight is 222 g/mol. The lowest BCUT2D eigenvalue weighted by Crippen LogP contribution is -2.44. The molecule has 1 aromatic rings. The first kappa shape index (κ1) is 10.9. The molecule has 3 N–H and O–H groups in total. The predicted octanol–water partition coefficient (Wildman–Crippen LogP) is -0.148. The predicted molar refractivity (Wildman–Crippen MR) is 65.7 cm³/mol. The maximum absolute atomic E-state index is 5.67. The van der Waals surface area contributed by atoms with E-state index in [4.69, 9.17) is 5.73 Å². The highest BCUT2D eigenvalue weighted by Crippen LogP contribution is 2.17. The summed E-state index contributed by atoms with van der Waals surface area (Å²) in [6, 6.07) is 1.93. The molecular weight excluding hydrogens is 204 g/mol. The van der Waals surface area contributed by atoms with E-state index >= 15 is 0 Å². The van der Waals surface area contributed by atoms with Crippen LogP contribution in [0.25, 0.3) is 0 Å². The lowest BCUT2D eigenvalue weighted by Gasteiger charge is -2.33. The summed E-state index contributed by atoms with van der Waals surface area (Å²) in [5.41, 5.74) is 5.67. The van der Waals surface area contributed by atoms with Crippen LogP contribution >= 0.6 is 0 Å². The molecule has 6 heteroatoms. The molecule has 0 unspecified atom stereocenters. The van der Waals surface area contributed by atoms with Crippen LogP contribution in [0.5, 0.6) is 0 Å². The topological polar surface area (TPSA) is 70.3 Å². The number of nitrogens with two attached hydrogens (primary N) is 1. The van der Waals surface area contributed by atoms with Crippen molar-refractivity contribution in [2.24, 2.45) is 0 Å². The fraction of sp³-hybridized carbons (Fsp3) is 0.600. The molecule has 16 heavy (non-hydrogen) atoms. The van der Waals surface area contributed by atoms with Gasteiger partial charge in [0, 0.05) is 39.3 Å². The Morgan fingerprint density at radius 1 is 1.25 bits per heavy atom. The summed E-state index contributed by atoms with van der Waals surface area (Å²) >= 11 is 0. The summed E-state index contributed by atoms with van der Waals surface area (Å²) in [6.07, 6.45) is 0. The number of nitrogens with one attached hydrogen (secondary N) is 1. The van der Waals surface area contributed by atoms with Crippen molar-refractivity contribution in [3.05, 3.63) is 6.07 Å². The Labute approximate surface area is 95.5 Å². The summed E-state index contributed by atoms with van der Waals surface area (Å²) in [4.78, 5) is 12.9. The zero-order valence-corrected chi connectivity index (χ0v) is 9.77. The molecule has 2 rings (SSSR count). The molecule has 2 heterocycles. The molecule has 0 amide bonds. The van der Waals surface area contributed by atoms with Gasteiger partial charge in [-0.1, -0.05) is 0 Å². The number of nitrogen functional groups attached to an aromatic ring is 1. The molecule has 0 radical (unpaired) electrons. The molecular formula is C10H18N6. The molecule has 0 aromatic carbocycles. The van der Waals surface area contributed by atoms with Gasteiger partial charge in [-0.05, 0) is 7.05 Å². The fourth-order valence-electron chi connectivity index (χ4n) is 1.78. The molecule has 1 saturated heterocycles. The number of piperazine rings is 1. The van der Waals surface area contributed by atoms with Gasteiger partial charge in [-0.3, -0.25) is 0 Å². The lowest BCUT2D eigenvalue weighted by atomic mass is 10.3. The van der Waals surface area contributed by atoms with Gasteiger partial charge in [0.05, 0.1) is 0 Å². The van der Waals surface area contributed by atoms with Gasteiger partial charge in [0.1, 0.15) is 11.6 Å². The monoisotopic (exact) mass is 222 g/mol. The third-order valence-electron chi connectivity index (χ3n) is 2.81. The van der Waals surface area contributed by atoms with Gasteiger partial charge in [0.2, 0.25) is 5.95 Å². The maximum Gasteiger partial charge on any atom is 0.223 e. The van der Waals surface area contributed by atoms with Gasteiger partial charge >= 0.3 is 0 Å². The van der Waals surface area contributed by atoms with Crippen LogP contribution in [0.4, 0.5) is 17.6 Å². The van der Waals surface area contributed by atoms with Crippen molar-refractivity contribution in [1.82, 2.24) is 14.9 Å². The molecule has 1 aromatic heterocycles. The number of anilines is 3. The Morgan fingerprint density at radius 3 is 2.56 bits per heavy atom. The Kier molecular flexibility index (Phi) is 3.09. The number of likely N-dealkylation sites (N-methyl/N-ethyl adjacent to an activating group) is 1. The van der Waals surface area contributed by atoms with E-state index < -0.39 is 0 Å². The summed E-state index contributed by atoms with van der Waals surface area (Å²) in [5, 5.41) is 2.99. The van der Waals surface area contributed by atoms with E-state index in [1.165, 1.54) is 0 Å². The minimum absolute atomic E-state index is 0.320. The van der Waals surface area contributed by atoms with E-state index in [0.29, 0.717) is 5.95 Å². The molecule has 0 bridgehead atoms. The van der Waals surface area contributed by atoms with Crippen LogP contribution in [0, 0.1) is 0 Å². The highest BCUT2D eigenvalue weighted by Gasteiger charge is 2.16. The Hall–Kier alpha value is -1.56. The fourth-order valence-corrected chi connectivity index (χ4v) is 1.78. The van der Waals surface area contributed by atoms with E-state index in [0.717, 1.165) is 37.8 Å². The standard InChI is InChI=1S/C10H18N6/c1-12-8-7-9(14-10(11)13-8)16-5-3-15(2)4-6-16/h7H,3-6H2,1-2H3,(H3,11,12,13,14). The zero-order valence-electron chi connectivity index (χ0n) is 9.77. The van der Waals surface area contributed by atoms with Crippen LogP contribution in [0.1, 0.15) is 0 Å². The van der Waals surface area contributed by atoms with Crippen LogP contribution in [0.2, 0.25) is 0 Å². The second-order valence-electron chi connectivity index (χ2n) is 4.01. The normalized spacial score (nSPS) is 17.5. The van der Waals surface area contributed by atoms with Gasteiger partial charge in [-0.25, -0.2) is 0 Å². The van der Waals surface area contributed by atoms with Crippen LogP contribution in [0.15, 0.2) is 6.07 Å².